The van der Waals surface area contributed by atoms with Gasteiger partial charge in [-0.3, -0.25) is 0 Å². The Labute approximate surface area is 93.7 Å². The molecular weight excluding hydrogens is 190 g/mol. The number of nitrogens with zero attached hydrogens (tertiary/aromatic N) is 1. The van der Waals surface area contributed by atoms with Crippen molar-refractivity contribution in [3.8, 4) is 0 Å². The fourth-order valence-corrected chi connectivity index (χ4v) is 2.18. The summed E-state index contributed by atoms with van der Waals surface area (Å²) in [6, 6.07) is 0.744. The molecule has 1 fully saturated rings. The zero-order valence-corrected chi connectivity index (χ0v) is 10.4. The Morgan fingerprint density at radius 3 is 2.40 bits per heavy atom. The van der Waals surface area contributed by atoms with Crippen LogP contribution in [0.3, 0.4) is 0 Å². The molecule has 0 amide bonds. The Bertz CT molecular complexity index is 158. The lowest BCUT2D eigenvalue weighted by atomic mass is 10.2. The molecule has 3 heteroatoms. The van der Waals surface area contributed by atoms with Crippen molar-refractivity contribution in [3.63, 3.8) is 0 Å². The normalized spacial score (nSPS) is 22.8. The van der Waals surface area contributed by atoms with Crippen LogP contribution in [0.15, 0.2) is 0 Å². The van der Waals surface area contributed by atoms with E-state index in [1.807, 2.05) is 13.8 Å². The highest BCUT2D eigenvalue weighted by Gasteiger charge is 2.21. The molecular formula is C12H25NO2. The third-order valence-corrected chi connectivity index (χ3v) is 3.05. The van der Waals surface area contributed by atoms with E-state index in [4.69, 9.17) is 9.47 Å². The van der Waals surface area contributed by atoms with E-state index in [1.165, 1.54) is 19.4 Å². The zero-order chi connectivity index (χ0) is 11.1. The lowest BCUT2D eigenvalue weighted by molar-refractivity contribution is -0.141. The minimum absolute atomic E-state index is 0.00667. The Morgan fingerprint density at radius 1 is 1.27 bits per heavy atom. The molecule has 90 valence electrons. The van der Waals surface area contributed by atoms with E-state index in [1.54, 1.807) is 0 Å². The molecule has 0 aromatic carbocycles. The highest BCUT2D eigenvalue weighted by Crippen LogP contribution is 2.17. The molecule has 1 aliphatic heterocycles. The van der Waals surface area contributed by atoms with Crippen molar-refractivity contribution in [2.24, 2.45) is 0 Å². The molecule has 1 saturated heterocycles. The van der Waals surface area contributed by atoms with E-state index in [9.17, 15) is 0 Å². The van der Waals surface area contributed by atoms with E-state index >= 15 is 0 Å². The summed E-state index contributed by atoms with van der Waals surface area (Å²) in [5.74, 6) is 0. The van der Waals surface area contributed by atoms with Crippen molar-refractivity contribution in [3.05, 3.63) is 0 Å². The van der Waals surface area contributed by atoms with E-state index in [2.05, 4.69) is 11.8 Å². The van der Waals surface area contributed by atoms with Crippen LogP contribution in [0.25, 0.3) is 0 Å². The summed E-state index contributed by atoms with van der Waals surface area (Å²) in [6.45, 7) is 10.2. The van der Waals surface area contributed by atoms with Crippen LogP contribution in [-0.2, 0) is 9.47 Å². The maximum absolute atomic E-state index is 5.53. The fraction of sp³-hybridized carbons (Fsp3) is 1.00. The highest BCUT2D eigenvalue weighted by atomic mass is 16.7. The number of hydrogen-bond acceptors (Lipinski definition) is 3. The Morgan fingerprint density at radius 2 is 1.93 bits per heavy atom. The van der Waals surface area contributed by atoms with Gasteiger partial charge in [0.05, 0.1) is 0 Å². The van der Waals surface area contributed by atoms with Crippen LogP contribution >= 0.6 is 0 Å². The molecule has 1 heterocycles. The van der Waals surface area contributed by atoms with Crippen molar-refractivity contribution in [1.29, 1.82) is 0 Å². The molecule has 1 rings (SSSR count). The van der Waals surface area contributed by atoms with Gasteiger partial charge in [-0.1, -0.05) is 0 Å². The van der Waals surface area contributed by atoms with E-state index < -0.39 is 0 Å². The highest BCUT2D eigenvalue weighted by molar-refractivity contribution is 4.75. The molecule has 0 bridgehead atoms. The lowest BCUT2D eigenvalue weighted by Crippen LogP contribution is -2.31. The first-order chi connectivity index (χ1) is 7.27. The standard InChI is InChI=1S/C12H25NO2/c1-4-14-12(15-5-2)8-10-13-9-6-7-11(13)3/h11-12H,4-10H2,1-3H3. The van der Waals surface area contributed by atoms with E-state index in [0.717, 1.165) is 32.2 Å². The molecule has 0 spiro atoms. The number of ether oxygens (including phenoxy) is 2. The number of hydrogen-bond donors (Lipinski definition) is 0. The van der Waals surface area contributed by atoms with Crippen molar-refractivity contribution in [2.45, 2.75) is 52.4 Å². The molecule has 0 aromatic heterocycles. The van der Waals surface area contributed by atoms with Crippen molar-refractivity contribution in [1.82, 2.24) is 4.90 Å². The smallest absolute Gasteiger partial charge is 0.158 e. The van der Waals surface area contributed by atoms with Gasteiger partial charge in [0, 0.05) is 32.2 Å². The molecule has 1 unspecified atom stereocenters. The second-order valence-corrected chi connectivity index (χ2v) is 4.16. The Hall–Kier alpha value is -0.120. The molecule has 1 aliphatic rings. The van der Waals surface area contributed by atoms with Crippen LogP contribution in [0.5, 0.6) is 0 Å². The van der Waals surface area contributed by atoms with Crippen LogP contribution in [0.4, 0.5) is 0 Å². The van der Waals surface area contributed by atoms with Gasteiger partial charge in [-0.25, -0.2) is 0 Å². The van der Waals surface area contributed by atoms with Crippen LogP contribution < -0.4 is 0 Å². The molecule has 0 saturated carbocycles. The van der Waals surface area contributed by atoms with Crippen molar-refractivity contribution >= 4 is 0 Å². The molecule has 15 heavy (non-hydrogen) atoms. The largest absolute Gasteiger partial charge is 0.353 e. The first kappa shape index (κ1) is 12.9. The quantitative estimate of drug-likeness (QED) is 0.608. The molecule has 0 aliphatic carbocycles. The van der Waals surface area contributed by atoms with Gasteiger partial charge in [0.2, 0.25) is 0 Å². The maximum Gasteiger partial charge on any atom is 0.158 e. The van der Waals surface area contributed by atoms with Crippen molar-refractivity contribution < 1.29 is 9.47 Å². The van der Waals surface area contributed by atoms with Gasteiger partial charge in [-0.05, 0) is 40.2 Å². The van der Waals surface area contributed by atoms with Gasteiger partial charge < -0.3 is 14.4 Å². The third kappa shape index (κ3) is 4.49. The minimum Gasteiger partial charge on any atom is -0.353 e. The molecule has 3 nitrogen and oxygen atoms in total. The summed E-state index contributed by atoms with van der Waals surface area (Å²) in [6.07, 6.45) is 3.67. The average molecular weight is 215 g/mol. The lowest BCUT2D eigenvalue weighted by Gasteiger charge is -2.24. The summed E-state index contributed by atoms with van der Waals surface area (Å²) in [5.41, 5.74) is 0. The fourth-order valence-electron chi connectivity index (χ4n) is 2.18. The topological polar surface area (TPSA) is 21.7 Å². The second-order valence-electron chi connectivity index (χ2n) is 4.16. The van der Waals surface area contributed by atoms with E-state index in [0.29, 0.717) is 0 Å². The summed E-state index contributed by atoms with van der Waals surface area (Å²) in [5, 5.41) is 0. The molecule has 0 N–H and O–H groups in total. The Balaban J connectivity index is 2.19. The Kier molecular flexibility index (Phi) is 6.22. The summed E-state index contributed by atoms with van der Waals surface area (Å²) in [7, 11) is 0. The predicted molar refractivity (Wildman–Crippen MR) is 61.9 cm³/mol. The third-order valence-electron chi connectivity index (χ3n) is 3.05. The predicted octanol–water partition coefficient (Wildman–Crippen LogP) is 2.26. The summed E-state index contributed by atoms with van der Waals surface area (Å²) < 4.78 is 11.1. The summed E-state index contributed by atoms with van der Waals surface area (Å²) >= 11 is 0. The van der Waals surface area contributed by atoms with Gasteiger partial charge in [0.15, 0.2) is 6.29 Å². The monoisotopic (exact) mass is 215 g/mol. The first-order valence-electron chi connectivity index (χ1n) is 6.25. The SMILES string of the molecule is CCOC(CCN1CCCC1C)OCC. The average Bonchev–Trinajstić information content (AvgIpc) is 2.61. The van der Waals surface area contributed by atoms with Gasteiger partial charge in [0.25, 0.3) is 0 Å². The van der Waals surface area contributed by atoms with E-state index in [-0.39, 0.29) is 6.29 Å². The van der Waals surface area contributed by atoms with Crippen LogP contribution in [0.1, 0.15) is 40.0 Å². The maximum atomic E-state index is 5.53. The number of rotatable bonds is 7. The van der Waals surface area contributed by atoms with Crippen molar-refractivity contribution in [2.75, 3.05) is 26.3 Å². The van der Waals surface area contributed by atoms with Gasteiger partial charge in [-0.15, -0.1) is 0 Å². The molecule has 0 aromatic rings. The molecule has 1 atom stereocenters. The van der Waals surface area contributed by atoms with Gasteiger partial charge in [-0.2, -0.15) is 0 Å². The van der Waals surface area contributed by atoms with Gasteiger partial charge >= 0.3 is 0 Å². The minimum atomic E-state index is -0.00667. The second kappa shape index (κ2) is 7.20. The summed E-state index contributed by atoms with van der Waals surface area (Å²) in [4.78, 5) is 2.53. The first-order valence-corrected chi connectivity index (χ1v) is 6.25. The zero-order valence-electron chi connectivity index (χ0n) is 10.4. The number of likely N-dealkylation sites (tertiary alicyclic amines) is 1. The molecule has 0 radical (unpaired) electrons. The van der Waals surface area contributed by atoms with Crippen LogP contribution in [0.2, 0.25) is 0 Å². The van der Waals surface area contributed by atoms with Crippen LogP contribution in [0, 0.1) is 0 Å². The van der Waals surface area contributed by atoms with Crippen LogP contribution in [-0.4, -0.2) is 43.5 Å². The van der Waals surface area contributed by atoms with Gasteiger partial charge in [0.1, 0.15) is 0 Å².